The first-order chi connectivity index (χ1) is 12.6. The van der Waals surface area contributed by atoms with Crippen LogP contribution < -0.4 is 0 Å². The molecule has 0 aromatic carbocycles. The van der Waals surface area contributed by atoms with Gasteiger partial charge in [0.05, 0.1) is 26.2 Å². The molecule has 0 unspecified atom stereocenters. The van der Waals surface area contributed by atoms with E-state index in [2.05, 4.69) is 0 Å². The zero-order valence-corrected chi connectivity index (χ0v) is 15.5. The number of carbonyl (C=O) groups is 4. The van der Waals surface area contributed by atoms with Crippen LogP contribution in [-0.4, -0.2) is 118 Å². The van der Waals surface area contributed by atoms with Gasteiger partial charge in [-0.25, -0.2) is 0 Å². The van der Waals surface area contributed by atoms with Gasteiger partial charge in [-0.1, -0.05) is 13.3 Å². The van der Waals surface area contributed by atoms with E-state index in [9.17, 15) is 19.2 Å². The average Bonchev–Trinajstić information content (AvgIpc) is 2.51. The number of hydrogen-bond donors (Lipinski definition) is 4. The second-order valence-electron chi connectivity index (χ2n) is 6.19. The van der Waals surface area contributed by atoms with Crippen LogP contribution in [0.25, 0.3) is 0 Å². The predicted octanol–water partition coefficient (Wildman–Crippen LogP) is -0.969. The van der Waals surface area contributed by atoms with E-state index in [-0.39, 0.29) is 13.1 Å². The van der Waals surface area contributed by atoms with Crippen molar-refractivity contribution in [3.8, 4) is 0 Å². The first-order valence-electron chi connectivity index (χ1n) is 8.68. The van der Waals surface area contributed by atoms with E-state index in [0.717, 1.165) is 12.8 Å². The van der Waals surface area contributed by atoms with Gasteiger partial charge in [0.1, 0.15) is 0 Å². The SMILES string of the molecule is CCCCN(CCN(CC(=O)O)CC(=O)O)CCN(CC(=O)O)CC(=O)O. The summed E-state index contributed by atoms with van der Waals surface area (Å²) >= 11 is 0. The summed E-state index contributed by atoms with van der Waals surface area (Å²) in [5.41, 5.74) is 0. The second-order valence-corrected chi connectivity index (χ2v) is 6.19. The minimum atomic E-state index is -1.12. The van der Waals surface area contributed by atoms with Crippen LogP contribution in [0.5, 0.6) is 0 Å². The average molecular weight is 391 g/mol. The molecule has 11 nitrogen and oxygen atoms in total. The van der Waals surface area contributed by atoms with Crippen LogP contribution in [0.1, 0.15) is 19.8 Å². The van der Waals surface area contributed by atoms with E-state index in [1.807, 2.05) is 11.8 Å². The summed E-state index contributed by atoms with van der Waals surface area (Å²) in [4.78, 5) is 48.0. The predicted molar refractivity (Wildman–Crippen MR) is 94.8 cm³/mol. The van der Waals surface area contributed by atoms with Crippen molar-refractivity contribution < 1.29 is 39.6 Å². The van der Waals surface area contributed by atoms with Crippen LogP contribution in [0.15, 0.2) is 0 Å². The molecule has 0 rings (SSSR count). The molecule has 0 amide bonds. The number of carboxylic acids is 4. The monoisotopic (exact) mass is 391 g/mol. The quantitative estimate of drug-likeness (QED) is 0.242. The number of rotatable bonds is 17. The van der Waals surface area contributed by atoms with Gasteiger partial charge >= 0.3 is 23.9 Å². The van der Waals surface area contributed by atoms with Crippen LogP contribution in [-0.2, 0) is 19.2 Å². The van der Waals surface area contributed by atoms with Gasteiger partial charge in [-0.2, -0.15) is 0 Å². The Labute approximate surface area is 157 Å². The first kappa shape index (κ1) is 24.8. The van der Waals surface area contributed by atoms with Gasteiger partial charge < -0.3 is 25.3 Å². The number of carboxylic acid groups (broad SMARTS) is 4. The summed E-state index contributed by atoms with van der Waals surface area (Å²) in [5.74, 6) is -4.48. The van der Waals surface area contributed by atoms with Crippen molar-refractivity contribution in [2.24, 2.45) is 0 Å². The Kier molecular flexibility index (Phi) is 12.7. The highest BCUT2D eigenvalue weighted by Gasteiger charge is 2.17. The molecule has 156 valence electrons. The standard InChI is InChI=1S/C16H29N3O8/c1-2-3-4-17(5-7-18(9-13(20)21)10-14(22)23)6-8-19(11-15(24)25)12-16(26)27/h2-12H2,1H3,(H,20,21)(H,22,23)(H,24,25)(H,26,27). The molecule has 4 N–H and O–H groups in total. The molecule has 11 heteroatoms. The van der Waals surface area contributed by atoms with Gasteiger partial charge in [-0.3, -0.25) is 29.0 Å². The molecule has 0 aromatic rings. The van der Waals surface area contributed by atoms with Crippen molar-refractivity contribution in [1.82, 2.24) is 14.7 Å². The van der Waals surface area contributed by atoms with Crippen LogP contribution in [0.2, 0.25) is 0 Å². The number of nitrogens with zero attached hydrogens (tertiary/aromatic N) is 3. The molecule has 0 atom stereocenters. The Balaban J connectivity index is 4.77. The molecule has 0 fully saturated rings. The molecule has 0 spiro atoms. The van der Waals surface area contributed by atoms with Gasteiger partial charge in [0.15, 0.2) is 0 Å². The zero-order chi connectivity index (χ0) is 20.8. The van der Waals surface area contributed by atoms with Gasteiger partial charge in [0, 0.05) is 26.2 Å². The molecule has 0 aromatic heterocycles. The topological polar surface area (TPSA) is 159 Å². The molecule has 0 bridgehead atoms. The molecule has 0 saturated heterocycles. The van der Waals surface area contributed by atoms with Crippen LogP contribution >= 0.6 is 0 Å². The van der Waals surface area contributed by atoms with E-state index in [4.69, 9.17) is 20.4 Å². The molecule has 0 saturated carbocycles. The third-order valence-corrected chi connectivity index (χ3v) is 3.73. The number of unbranched alkanes of at least 4 members (excludes halogenated alkanes) is 1. The molecular formula is C16H29N3O8. The number of aliphatic carboxylic acids is 4. The Morgan fingerprint density at radius 1 is 0.556 bits per heavy atom. The van der Waals surface area contributed by atoms with E-state index >= 15 is 0 Å². The minimum Gasteiger partial charge on any atom is -0.480 e. The van der Waals surface area contributed by atoms with Gasteiger partial charge in [-0.15, -0.1) is 0 Å². The van der Waals surface area contributed by atoms with Crippen molar-refractivity contribution in [2.45, 2.75) is 19.8 Å². The first-order valence-corrected chi connectivity index (χ1v) is 8.68. The van der Waals surface area contributed by atoms with Crippen molar-refractivity contribution in [1.29, 1.82) is 0 Å². The lowest BCUT2D eigenvalue weighted by molar-refractivity contribution is -0.143. The highest BCUT2D eigenvalue weighted by Crippen LogP contribution is 1.99. The van der Waals surface area contributed by atoms with Crippen LogP contribution in [0.3, 0.4) is 0 Å². The van der Waals surface area contributed by atoms with Gasteiger partial charge in [-0.05, 0) is 13.0 Å². The summed E-state index contributed by atoms with van der Waals surface area (Å²) in [6, 6.07) is 0. The van der Waals surface area contributed by atoms with E-state index < -0.39 is 50.1 Å². The lowest BCUT2D eigenvalue weighted by Gasteiger charge is -2.28. The lowest BCUT2D eigenvalue weighted by Crippen LogP contribution is -2.44. The summed E-state index contributed by atoms with van der Waals surface area (Å²) in [6.07, 6.45) is 1.77. The Morgan fingerprint density at radius 2 is 0.852 bits per heavy atom. The molecule has 0 aliphatic heterocycles. The number of hydrogen-bond acceptors (Lipinski definition) is 7. The van der Waals surface area contributed by atoms with E-state index in [0.29, 0.717) is 19.6 Å². The maximum atomic E-state index is 10.9. The van der Waals surface area contributed by atoms with E-state index in [1.54, 1.807) is 0 Å². The largest absolute Gasteiger partial charge is 0.480 e. The smallest absolute Gasteiger partial charge is 0.317 e. The van der Waals surface area contributed by atoms with Crippen LogP contribution in [0.4, 0.5) is 0 Å². The minimum absolute atomic E-state index is 0.222. The fraction of sp³-hybridized carbons (Fsp3) is 0.750. The molecule has 0 aliphatic rings. The summed E-state index contributed by atoms with van der Waals surface area (Å²) in [6.45, 7) is 2.34. The molecular weight excluding hydrogens is 362 g/mol. The fourth-order valence-corrected chi connectivity index (χ4v) is 2.48. The van der Waals surface area contributed by atoms with Gasteiger partial charge in [0.2, 0.25) is 0 Å². The Hall–Kier alpha value is -2.24. The lowest BCUT2D eigenvalue weighted by atomic mass is 10.3. The third-order valence-electron chi connectivity index (χ3n) is 3.73. The summed E-state index contributed by atoms with van der Waals surface area (Å²) in [7, 11) is 0. The molecule has 27 heavy (non-hydrogen) atoms. The molecule has 0 radical (unpaired) electrons. The Morgan fingerprint density at radius 3 is 1.11 bits per heavy atom. The van der Waals surface area contributed by atoms with Crippen molar-refractivity contribution >= 4 is 23.9 Å². The summed E-state index contributed by atoms with van der Waals surface area (Å²) in [5, 5.41) is 35.5. The molecule has 0 heterocycles. The zero-order valence-electron chi connectivity index (χ0n) is 15.5. The maximum absolute atomic E-state index is 10.9. The molecule has 0 aliphatic carbocycles. The summed E-state index contributed by atoms with van der Waals surface area (Å²) < 4.78 is 0. The van der Waals surface area contributed by atoms with Crippen molar-refractivity contribution in [3.05, 3.63) is 0 Å². The van der Waals surface area contributed by atoms with Gasteiger partial charge in [0.25, 0.3) is 0 Å². The maximum Gasteiger partial charge on any atom is 0.317 e. The highest BCUT2D eigenvalue weighted by atomic mass is 16.4. The normalized spacial score (nSPS) is 11.3. The highest BCUT2D eigenvalue weighted by molar-refractivity contribution is 5.73. The van der Waals surface area contributed by atoms with Crippen molar-refractivity contribution in [2.75, 3.05) is 58.9 Å². The third kappa shape index (κ3) is 14.6. The van der Waals surface area contributed by atoms with Crippen molar-refractivity contribution in [3.63, 3.8) is 0 Å². The fourth-order valence-electron chi connectivity index (χ4n) is 2.48. The Bertz CT molecular complexity index is 428. The second kappa shape index (κ2) is 13.9. The van der Waals surface area contributed by atoms with E-state index in [1.165, 1.54) is 9.80 Å². The van der Waals surface area contributed by atoms with Crippen LogP contribution in [0, 0.1) is 0 Å².